The second-order valence-corrected chi connectivity index (χ2v) is 11.3. The minimum Gasteiger partial charge on any atom is -0.484 e. The lowest BCUT2D eigenvalue weighted by atomic mass is 10.1. The lowest BCUT2D eigenvalue weighted by Gasteiger charge is -2.23. The molecule has 0 spiro atoms. The highest BCUT2D eigenvalue weighted by atomic mass is 32.2. The molecule has 0 aliphatic heterocycles. The normalized spacial score (nSPS) is 11.8. The number of ether oxygens (including phenoxy) is 1. The minimum atomic E-state index is -4.50. The van der Waals surface area contributed by atoms with E-state index in [2.05, 4.69) is 15.8 Å². The summed E-state index contributed by atoms with van der Waals surface area (Å²) in [4.78, 5) is 35.2. The van der Waals surface area contributed by atoms with Crippen LogP contribution >= 0.6 is 0 Å². The van der Waals surface area contributed by atoms with Gasteiger partial charge in [0, 0.05) is 6.07 Å². The zero-order valence-corrected chi connectivity index (χ0v) is 24.4. The molecule has 0 heterocycles. The molecule has 0 aliphatic carbocycles. The van der Waals surface area contributed by atoms with E-state index in [1.807, 2.05) is 37.3 Å². The first kappa shape index (κ1) is 31.4. The van der Waals surface area contributed by atoms with Gasteiger partial charge in [-0.15, -0.1) is 0 Å². The lowest BCUT2D eigenvalue weighted by molar-refractivity contribution is -0.387. The van der Waals surface area contributed by atoms with Crippen molar-refractivity contribution in [2.24, 2.45) is 5.10 Å². The van der Waals surface area contributed by atoms with Gasteiger partial charge >= 0.3 is 0 Å². The Morgan fingerprint density at radius 2 is 1.52 bits per heavy atom. The van der Waals surface area contributed by atoms with Crippen molar-refractivity contribution >= 4 is 39.4 Å². The van der Waals surface area contributed by atoms with Crippen molar-refractivity contribution < 1.29 is 27.7 Å². The van der Waals surface area contributed by atoms with Gasteiger partial charge in [0.2, 0.25) is 0 Å². The molecule has 1 atom stereocenters. The molecular weight excluding hydrogens is 586 g/mol. The summed E-state index contributed by atoms with van der Waals surface area (Å²) in [5, 5.41) is 18.3. The molecule has 4 aromatic rings. The molecule has 4 rings (SSSR count). The molecule has 0 saturated heterocycles. The van der Waals surface area contributed by atoms with Crippen LogP contribution in [0.2, 0.25) is 0 Å². The topological polar surface area (TPSA) is 160 Å². The third-order valence-corrected chi connectivity index (χ3v) is 8.11. The van der Waals surface area contributed by atoms with Crippen molar-refractivity contribution in [2.45, 2.75) is 17.9 Å². The van der Waals surface area contributed by atoms with Crippen LogP contribution in [0, 0.1) is 10.1 Å². The highest BCUT2D eigenvalue weighted by molar-refractivity contribution is 7.93. The van der Waals surface area contributed by atoms with Gasteiger partial charge in [0.05, 0.1) is 22.9 Å². The number of nitrogens with zero attached hydrogens (tertiary/aromatic N) is 3. The van der Waals surface area contributed by atoms with Gasteiger partial charge in [-0.3, -0.25) is 24.0 Å². The highest BCUT2D eigenvalue weighted by Crippen LogP contribution is 2.29. The average molecular weight is 616 g/mol. The van der Waals surface area contributed by atoms with Gasteiger partial charge < -0.3 is 10.1 Å². The number of hydrogen-bond donors (Lipinski definition) is 2. The number of nitrogens with one attached hydrogen (secondary N) is 2. The van der Waals surface area contributed by atoms with Crippen LogP contribution in [0.25, 0.3) is 0 Å². The number of hydrogen-bond acceptors (Lipinski definition) is 8. The monoisotopic (exact) mass is 615 g/mol. The summed E-state index contributed by atoms with van der Waals surface area (Å²) in [6.45, 7) is 1.02. The molecule has 13 heteroatoms. The van der Waals surface area contributed by atoms with Gasteiger partial charge in [-0.05, 0) is 60.5 Å². The number of rotatable bonds is 13. The van der Waals surface area contributed by atoms with Crippen molar-refractivity contribution in [3.63, 3.8) is 0 Å². The summed E-state index contributed by atoms with van der Waals surface area (Å²) in [5.74, 6) is -0.599. The van der Waals surface area contributed by atoms with Crippen LogP contribution in [-0.2, 0) is 19.6 Å². The summed E-state index contributed by atoms with van der Waals surface area (Å²) >= 11 is 0. The molecule has 226 valence electrons. The summed E-state index contributed by atoms with van der Waals surface area (Å²) in [6, 6.07) is 28.7. The molecule has 0 bridgehead atoms. The fraction of sp³-hybridized carbons (Fsp3) is 0.129. The quantitative estimate of drug-likeness (QED) is 0.130. The smallest absolute Gasteiger partial charge is 0.289 e. The number of sulfonamides is 1. The van der Waals surface area contributed by atoms with Gasteiger partial charge in [0.1, 0.15) is 12.3 Å². The van der Waals surface area contributed by atoms with Crippen molar-refractivity contribution in [3.05, 3.63) is 130 Å². The molecule has 2 amide bonds. The van der Waals surface area contributed by atoms with E-state index in [1.165, 1.54) is 30.5 Å². The minimum absolute atomic E-state index is 0.142. The Kier molecular flexibility index (Phi) is 10.4. The van der Waals surface area contributed by atoms with Crippen molar-refractivity contribution in [1.82, 2.24) is 10.7 Å². The zero-order valence-electron chi connectivity index (χ0n) is 23.6. The lowest BCUT2D eigenvalue weighted by Crippen LogP contribution is -2.39. The molecule has 0 unspecified atom stereocenters. The van der Waals surface area contributed by atoms with E-state index < -0.39 is 38.0 Å². The maximum absolute atomic E-state index is 13.5. The van der Waals surface area contributed by atoms with E-state index in [0.29, 0.717) is 11.3 Å². The predicted molar refractivity (Wildman–Crippen MR) is 165 cm³/mol. The number of amides is 2. The number of hydrazone groups is 1. The fourth-order valence-electron chi connectivity index (χ4n) is 4.11. The van der Waals surface area contributed by atoms with Crippen LogP contribution in [0.1, 0.15) is 24.1 Å². The zero-order chi connectivity index (χ0) is 31.5. The van der Waals surface area contributed by atoms with Crippen molar-refractivity contribution in [1.29, 1.82) is 0 Å². The molecule has 4 aromatic carbocycles. The van der Waals surface area contributed by atoms with Crippen LogP contribution < -0.4 is 19.8 Å². The molecule has 0 fully saturated rings. The van der Waals surface area contributed by atoms with Crippen LogP contribution in [0.4, 0.5) is 11.4 Å². The number of nitro groups is 1. The second-order valence-electron chi connectivity index (χ2n) is 9.42. The largest absolute Gasteiger partial charge is 0.484 e. The summed E-state index contributed by atoms with van der Waals surface area (Å²) < 4.78 is 33.3. The Morgan fingerprint density at radius 3 is 2.18 bits per heavy atom. The number of carbonyl (C=O) groups excluding carboxylic acids is 2. The molecule has 0 aromatic heterocycles. The number of carbonyl (C=O) groups is 2. The van der Waals surface area contributed by atoms with E-state index in [9.17, 15) is 28.1 Å². The molecule has 44 heavy (non-hydrogen) atoms. The maximum atomic E-state index is 13.5. The van der Waals surface area contributed by atoms with Gasteiger partial charge in [0.15, 0.2) is 11.5 Å². The number of benzene rings is 4. The molecule has 0 saturated carbocycles. The van der Waals surface area contributed by atoms with Crippen LogP contribution in [0.5, 0.6) is 5.75 Å². The van der Waals surface area contributed by atoms with Gasteiger partial charge in [-0.2, -0.15) is 5.10 Å². The summed E-state index contributed by atoms with van der Waals surface area (Å²) in [5.41, 5.74) is 3.39. The van der Waals surface area contributed by atoms with Gasteiger partial charge in [0.25, 0.3) is 27.5 Å². The predicted octanol–water partition coefficient (Wildman–Crippen LogP) is 4.20. The number of nitro benzene ring substituents is 1. The van der Waals surface area contributed by atoms with Crippen LogP contribution in [-0.4, -0.2) is 44.5 Å². The molecule has 12 nitrogen and oxygen atoms in total. The molecule has 0 radical (unpaired) electrons. The van der Waals surface area contributed by atoms with E-state index in [4.69, 9.17) is 4.74 Å². The first-order valence-corrected chi connectivity index (χ1v) is 14.8. The van der Waals surface area contributed by atoms with Gasteiger partial charge in [-0.25, -0.2) is 13.8 Å². The highest BCUT2D eigenvalue weighted by Gasteiger charge is 2.33. The summed E-state index contributed by atoms with van der Waals surface area (Å²) in [6.07, 6.45) is 1.35. The fourth-order valence-corrected chi connectivity index (χ4v) is 5.69. The number of para-hydroxylation sites is 2. The van der Waals surface area contributed by atoms with Crippen molar-refractivity contribution in [2.75, 3.05) is 17.5 Å². The summed E-state index contributed by atoms with van der Waals surface area (Å²) in [7, 11) is -4.50. The molecular formula is C31H29N5O7S. The maximum Gasteiger partial charge on any atom is 0.289 e. The Balaban J connectivity index is 1.35. The molecule has 0 aliphatic rings. The van der Waals surface area contributed by atoms with E-state index in [1.54, 1.807) is 42.5 Å². The van der Waals surface area contributed by atoms with Crippen LogP contribution in [0.3, 0.4) is 0 Å². The Hall–Kier alpha value is -5.56. The van der Waals surface area contributed by atoms with E-state index >= 15 is 0 Å². The Labute approximate surface area is 254 Å². The third-order valence-electron chi connectivity index (χ3n) is 6.29. The van der Waals surface area contributed by atoms with Crippen molar-refractivity contribution in [3.8, 4) is 5.75 Å². The standard InChI is InChI=1S/C31H29N5O7S/c1-23(25-10-4-2-5-11-25)33-31(38)22-43-27-18-16-24(17-19-27)20-32-34-30(37)21-35(26-12-6-3-7-13-26)44(41,42)29-15-9-8-14-28(29)36(39)40/h2-20,23H,21-22H2,1H3,(H,33,38)(H,34,37)/b32-20-/t23-/m1/s1. The Morgan fingerprint density at radius 1 is 0.909 bits per heavy atom. The van der Waals surface area contributed by atoms with Crippen LogP contribution in [0.15, 0.2) is 119 Å². The third kappa shape index (κ3) is 8.26. The van der Waals surface area contributed by atoms with E-state index in [-0.39, 0.29) is 24.2 Å². The first-order chi connectivity index (χ1) is 21.1. The Bertz CT molecular complexity index is 1730. The van der Waals surface area contributed by atoms with Gasteiger partial charge in [-0.1, -0.05) is 60.7 Å². The molecule has 2 N–H and O–H groups in total. The van der Waals surface area contributed by atoms with E-state index in [0.717, 1.165) is 22.0 Å². The first-order valence-electron chi connectivity index (χ1n) is 13.4. The second kappa shape index (κ2) is 14.6. The SMILES string of the molecule is C[C@@H](NC(=O)COc1ccc(/C=N\NC(=O)CN(c2ccccc2)S(=O)(=O)c2ccccc2[N+](=O)[O-])cc1)c1ccccc1. The number of anilines is 1. The average Bonchev–Trinajstić information content (AvgIpc) is 3.04.